The van der Waals surface area contributed by atoms with Crippen LogP contribution in [0.3, 0.4) is 0 Å². The van der Waals surface area contributed by atoms with E-state index in [0.29, 0.717) is 62.4 Å². The third-order valence-electron chi connectivity index (χ3n) is 7.80. The van der Waals surface area contributed by atoms with Crippen LogP contribution in [0, 0.1) is 6.92 Å². The second kappa shape index (κ2) is 10.3. The highest BCUT2D eigenvalue weighted by Crippen LogP contribution is 2.50. The van der Waals surface area contributed by atoms with Gasteiger partial charge in [-0.3, -0.25) is 14.4 Å². The van der Waals surface area contributed by atoms with Gasteiger partial charge in [-0.05, 0) is 42.7 Å². The number of benzene rings is 1. The van der Waals surface area contributed by atoms with Gasteiger partial charge in [0.1, 0.15) is 5.54 Å². The molecule has 2 aliphatic rings. The Morgan fingerprint density at radius 3 is 2.79 bits per heavy atom. The summed E-state index contributed by atoms with van der Waals surface area (Å²) in [6.07, 6.45) is 4.87. The fraction of sp³-hybridized carbons (Fsp3) is 0.241. The fourth-order valence-electron chi connectivity index (χ4n) is 5.73. The summed E-state index contributed by atoms with van der Waals surface area (Å²) in [5, 5.41) is 11.3. The van der Waals surface area contributed by atoms with Gasteiger partial charge < -0.3 is 32.2 Å². The lowest BCUT2D eigenvalue weighted by Crippen LogP contribution is -2.53. The molecule has 1 fully saturated rings. The second-order valence-electron chi connectivity index (χ2n) is 10.4. The Morgan fingerprint density at radius 1 is 1.26 bits per heavy atom. The second-order valence-corrected chi connectivity index (χ2v) is 11.4. The average molecular weight is 585 g/mol. The Kier molecular flexibility index (Phi) is 6.72. The van der Waals surface area contributed by atoms with E-state index in [1.165, 1.54) is 29.8 Å². The lowest BCUT2D eigenvalue weighted by atomic mass is 9.70. The molecule has 3 aromatic heterocycles. The van der Waals surface area contributed by atoms with Crippen molar-refractivity contribution in [3.05, 3.63) is 82.5 Å². The number of pyridine rings is 1. The van der Waals surface area contributed by atoms with Gasteiger partial charge in [-0.15, -0.1) is 16.4 Å². The first-order valence-corrected chi connectivity index (χ1v) is 14.0. The summed E-state index contributed by atoms with van der Waals surface area (Å²) < 4.78 is 6.32. The number of likely N-dealkylation sites (tertiary alicyclic amines) is 1. The summed E-state index contributed by atoms with van der Waals surface area (Å²) in [4.78, 5) is 46.0. The van der Waals surface area contributed by atoms with E-state index >= 15 is 0 Å². The van der Waals surface area contributed by atoms with Crippen LogP contribution in [0.25, 0.3) is 10.1 Å². The molecule has 1 saturated heterocycles. The number of amides is 2. The number of thiophene rings is 1. The van der Waals surface area contributed by atoms with Crippen LogP contribution in [0.2, 0.25) is 0 Å². The van der Waals surface area contributed by atoms with E-state index in [4.69, 9.17) is 21.9 Å². The molecule has 4 heterocycles. The minimum Gasteiger partial charge on any atom is -0.419 e. The Balaban J connectivity index is 1.39. The number of hydrogen-bond donors (Lipinski definition) is 4. The van der Waals surface area contributed by atoms with Crippen molar-refractivity contribution in [2.75, 3.05) is 18.8 Å². The van der Waals surface area contributed by atoms with E-state index in [-0.39, 0.29) is 29.6 Å². The van der Waals surface area contributed by atoms with E-state index in [2.05, 4.69) is 27.1 Å². The van der Waals surface area contributed by atoms with Crippen molar-refractivity contribution < 1.29 is 19.1 Å². The van der Waals surface area contributed by atoms with Crippen LogP contribution in [0.4, 0.5) is 5.69 Å². The number of nitrogens with one attached hydrogen (secondary N) is 1. The van der Waals surface area contributed by atoms with Gasteiger partial charge in [0.25, 0.3) is 5.91 Å². The summed E-state index contributed by atoms with van der Waals surface area (Å²) in [6.45, 7) is 6.20. The van der Waals surface area contributed by atoms with Gasteiger partial charge in [0.15, 0.2) is 5.78 Å². The number of Topliss-reactive ketones (excluding diaryl/α,β-unsaturated/α-hetero) is 1. The van der Waals surface area contributed by atoms with Gasteiger partial charge in [-0.1, -0.05) is 12.6 Å². The van der Waals surface area contributed by atoms with Crippen LogP contribution in [-0.2, 0) is 15.1 Å². The predicted octanol–water partition coefficient (Wildman–Crippen LogP) is 2.07. The monoisotopic (exact) mass is 584 g/mol. The van der Waals surface area contributed by atoms with Crippen LogP contribution in [0.1, 0.15) is 44.4 Å². The molecule has 3 unspecified atom stereocenters. The van der Waals surface area contributed by atoms with Gasteiger partial charge >= 0.3 is 0 Å². The number of carbonyl (C=O) groups is 3. The van der Waals surface area contributed by atoms with Crippen molar-refractivity contribution in [3.8, 4) is 11.8 Å². The Morgan fingerprint density at radius 2 is 2.07 bits per heavy atom. The van der Waals surface area contributed by atoms with E-state index in [1.807, 2.05) is 0 Å². The van der Waals surface area contributed by atoms with Crippen LogP contribution in [0.5, 0.6) is 11.8 Å². The predicted molar refractivity (Wildman–Crippen MR) is 157 cm³/mol. The number of ketones is 1. The highest BCUT2D eigenvalue weighted by Gasteiger charge is 2.49. The van der Waals surface area contributed by atoms with Crippen molar-refractivity contribution in [2.45, 2.75) is 31.0 Å². The zero-order chi connectivity index (χ0) is 29.8. The van der Waals surface area contributed by atoms with Crippen molar-refractivity contribution in [1.82, 2.24) is 25.4 Å². The molecule has 6 rings (SSSR count). The van der Waals surface area contributed by atoms with Gasteiger partial charge in [0, 0.05) is 65.9 Å². The Labute approximate surface area is 244 Å². The highest BCUT2D eigenvalue weighted by molar-refractivity contribution is 7.21. The summed E-state index contributed by atoms with van der Waals surface area (Å²) in [5.74, 6) is -0.533. The first-order chi connectivity index (χ1) is 20.1. The van der Waals surface area contributed by atoms with E-state index in [1.54, 1.807) is 42.2 Å². The minimum atomic E-state index is -1.66. The number of aromatic nitrogens is 3. The Bertz CT molecular complexity index is 1770. The van der Waals surface area contributed by atoms with Crippen molar-refractivity contribution in [3.63, 3.8) is 0 Å². The maximum absolute atomic E-state index is 14.1. The van der Waals surface area contributed by atoms with Crippen molar-refractivity contribution >= 4 is 44.7 Å². The number of aryl methyl sites for hydroxylation is 1. The molecule has 0 radical (unpaired) electrons. The topological polar surface area (TPSA) is 192 Å². The zero-order valence-electron chi connectivity index (χ0n) is 22.7. The number of ether oxygens (including phenoxy) is 1. The molecule has 0 spiro atoms. The molecule has 0 saturated carbocycles. The summed E-state index contributed by atoms with van der Waals surface area (Å²) >= 11 is 1.17. The third-order valence-corrected chi connectivity index (χ3v) is 9.05. The fourth-order valence-corrected chi connectivity index (χ4v) is 6.94. The van der Waals surface area contributed by atoms with Crippen LogP contribution >= 0.6 is 11.3 Å². The first-order valence-electron chi connectivity index (χ1n) is 13.2. The van der Waals surface area contributed by atoms with E-state index in [9.17, 15) is 14.4 Å². The molecule has 3 atom stereocenters. The molecule has 13 heteroatoms. The molecule has 214 valence electrons. The first kappa shape index (κ1) is 27.4. The maximum Gasteiger partial charge on any atom is 0.262 e. The molecular weight excluding hydrogens is 556 g/mol. The van der Waals surface area contributed by atoms with Crippen LogP contribution in [0.15, 0.2) is 55.4 Å². The number of nitrogens with zero attached hydrogens (tertiary/aromatic N) is 4. The van der Waals surface area contributed by atoms with Gasteiger partial charge in [-0.2, -0.15) is 5.10 Å². The molecule has 1 aliphatic heterocycles. The number of nitrogens with two attached hydrogens (primary N) is 3. The van der Waals surface area contributed by atoms with Crippen LogP contribution in [-0.4, -0.2) is 56.8 Å². The number of hydrogen-bond acceptors (Lipinski definition) is 11. The van der Waals surface area contributed by atoms with Gasteiger partial charge in [0.2, 0.25) is 17.7 Å². The molecule has 4 aromatic rings. The van der Waals surface area contributed by atoms with Crippen LogP contribution < -0.4 is 27.3 Å². The van der Waals surface area contributed by atoms with Gasteiger partial charge in [0.05, 0.1) is 15.6 Å². The number of anilines is 1. The number of nitrogen functional groups attached to an aromatic ring is 1. The smallest absolute Gasteiger partial charge is 0.262 e. The summed E-state index contributed by atoms with van der Waals surface area (Å²) in [5.41, 5.74) is 20.7. The zero-order valence-corrected chi connectivity index (χ0v) is 23.5. The lowest BCUT2D eigenvalue weighted by molar-refractivity contribution is -0.125. The molecule has 0 bridgehead atoms. The largest absolute Gasteiger partial charge is 0.419 e. The highest BCUT2D eigenvalue weighted by atomic mass is 32.1. The molecule has 12 nitrogen and oxygen atoms in total. The normalized spacial score (nSPS) is 21.4. The molecule has 2 amide bonds. The number of rotatable bonds is 6. The van der Waals surface area contributed by atoms with Crippen molar-refractivity contribution in [2.24, 2.45) is 11.5 Å². The number of carbonyl (C=O) groups excluding carboxylic acids is 3. The molecular formula is C29H28N8O4S. The van der Waals surface area contributed by atoms with E-state index < -0.39 is 17.4 Å². The third kappa shape index (κ3) is 4.29. The molecule has 42 heavy (non-hydrogen) atoms. The van der Waals surface area contributed by atoms with E-state index in [0.717, 1.165) is 0 Å². The molecule has 7 N–H and O–H groups in total. The average Bonchev–Trinajstić information content (AvgIpc) is 3.62. The maximum atomic E-state index is 14.1. The SMILES string of the molecule is C=CC(=O)N1CCC(NC(=O)c2sc3c(N)ccc4c3c2C(N)C(=O)C4(N)c2cnc(Oc3cccnn3)cc2C)C1. The standard InChI is InChI=1S/C29H28N8O4S/c1-3-21(38)37-10-8-15(13-37)35-28(40)26-23-22-16(6-7-18(30)25(22)42-26)29(32,27(39)24(23)31)17-12-33-20(11-14(17)2)41-19-5-4-9-34-36-19/h3-7,9,11-12,15,24H,1,8,10,13,30-32H2,2H3,(H,35,40). The summed E-state index contributed by atoms with van der Waals surface area (Å²) in [6, 6.07) is 6.93. The van der Waals surface area contributed by atoms with Gasteiger partial charge in [-0.25, -0.2) is 4.98 Å². The minimum absolute atomic E-state index is 0.189. The van der Waals surface area contributed by atoms with Crippen molar-refractivity contribution in [1.29, 1.82) is 0 Å². The Hall–Kier alpha value is -4.72. The summed E-state index contributed by atoms with van der Waals surface area (Å²) in [7, 11) is 0. The quantitative estimate of drug-likeness (QED) is 0.193. The lowest BCUT2D eigenvalue weighted by Gasteiger charge is -2.37. The molecule has 1 aliphatic carbocycles. The molecule has 1 aromatic carbocycles.